The number of nitrogens with zero attached hydrogens (tertiary/aromatic N) is 2. The fourth-order valence-electron chi connectivity index (χ4n) is 4.66. The van der Waals surface area contributed by atoms with E-state index in [4.69, 9.17) is 5.11 Å². The quantitative estimate of drug-likeness (QED) is 0.692. The zero-order valence-corrected chi connectivity index (χ0v) is 16.0. The molecule has 0 aliphatic carbocycles. The minimum Gasteiger partial charge on any atom is -0.465 e. The molecule has 2 fully saturated rings. The third-order valence-corrected chi connectivity index (χ3v) is 5.95. The first-order valence-electron chi connectivity index (χ1n) is 9.58. The number of nitrogens with one attached hydrogen (secondary N) is 1. The molecule has 0 saturated carbocycles. The van der Waals surface area contributed by atoms with E-state index in [2.05, 4.69) is 5.32 Å². The number of carbonyl (C=O) groups excluding carboxylic acids is 2. The number of aliphatic hydroxyl groups is 1. The van der Waals surface area contributed by atoms with E-state index in [1.54, 1.807) is 16.8 Å². The van der Waals surface area contributed by atoms with Gasteiger partial charge in [-0.25, -0.2) is 4.79 Å². The van der Waals surface area contributed by atoms with Gasteiger partial charge < -0.3 is 25.3 Å². The minimum atomic E-state index is -1.31. The smallest absolute Gasteiger partial charge is 0.405 e. The van der Waals surface area contributed by atoms with Crippen molar-refractivity contribution in [2.75, 3.05) is 33.3 Å². The number of rotatable bonds is 5. The Balaban J connectivity index is 1.87. The summed E-state index contributed by atoms with van der Waals surface area (Å²) in [5, 5.41) is 20.4. The Bertz CT molecular complexity index is 741. The van der Waals surface area contributed by atoms with Crippen LogP contribution in [0.25, 0.3) is 0 Å². The second kappa shape index (κ2) is 8.18. The van der Waals surface area contributed by atoms with Crippen LogP contribution in [0.2, 0.25) is 0 Å². The van der Waals surface area contributed by atoms with Crippen molar-refractivity contribution in [3.63, 3.8) is 0 Å². The van der Waals surface area contributed by atoms with Crippen LogP contribution in [0.4, 0.5) is 4.79 Å². The molecular formula is C20H27N3O5. The average Bonchev–Trinajstić information content (AvgIpc) is 2.92. The number of hydrogen-bond acceptors (Lipinski definition) is 4. The molecule has 1 spiro atoms. The average molecular weight is 389 g/mol. The number of piperidine rings is 1. The number of likely N-dealkylation sites (N-methyl/N-ethyl adjacent to an activating group) is 1. The number of amides is 3. The van der Waals surface area contributed by atoms with Crippen molar-refractivity contribution in [1.29, 1.82) is 0 Å². The number of hydrogen-bond donors (Lipinski definition) is 3. The SMILES string of the molecule is CN1C[C@@H](c2ccccc2)[C@@]2(CCCN(C(=O)[C@@H](CCO)NC(=O)O)C2)C1=O. The lowest BCUT2D eigenvalue weighted by Gasteiger charge is -2.43. The summed E-state index contributed by atoms with van der Waals surface area (Å²) in [6, 6.07) is 8.85. The highest BCUT2D eigenvalue weighted by Crippen LogP contribution is 2.49. The van der Waals surface area contributed by atoms with Crippen molar-refractivity contribution >= 4 is 17.9 Å². The second-order valence-corrected chi connectivity index (χ2v) is 7.68. The van der Waals surface area contributed by atoms with E-state index < -0.39 is 17.6 Å². The zero-order valence-electron chi connectivity index (χ0n) is 16.0. The maximum absolute atomic E-state index is 13.1. The van der Waals surface area contributed by atoms with E-state index in [0.717, 1.165) is 5.56 Å². The van der Waals surface area contributed by atoms with Gasteiger partial charge in [0, 0.05) is 39.2 Å². The van der Waals surface area contributed by atoms with Crippen LogP contribution >= 0.6 is 0 Å². The van der Waals surface area contributed by atoms with Gasteiger partial charge in [0.25, 0.3) is 0 Å². The van der Waals surface area contributed by atoms with Crippen molar-refractivity contribution in [1.82, 2.24) is 15.1 Å². The molecule has 28 heavy (non-hydrogen) atoms. The molecule has 0 bridgehead atoms. The molecule has 8 heteroatoms. The van der Waals surface area contributed by atoms with Gasteiger partial charge in [-0.1, -0.05) is 30.3 Å². The molecule has 8 nitrogen and oxygen atoms in total. The normalized spacial score (nSPS) is 25.8. The summed E-state index contributed by atoms with van der Waals surface area (Å²) in [6.45, 7) is 1.03. The van der Waals surface area contributed by atoms with Crippen LogP contribution in [-0.2, 0) is 9.59 Å². The van der Waals surface area contributed by atoms with E-state index in [-0.39, 0.29) is 37.3 Å². The third kappa shape index (κ3) is 3.69. The Morgan fingerprint density at radius 1 is 1.32 bits per heavy atom. The lowest BCUT2D eigenvalue weighted by atomic mass is 9.69. The molecule has 3 amide bonds. The number of carbonyl (C=O) groups is 3. The van der Waals surface area contributed by atoms with Crippen molar-refractivity contribution < 1.29 is 24.6 Å². The summed E-state index contributed by atoms with van der Waals surface area (Å²) in [7, 11) is 1.79. The molecule has 0 unspecified atom stereocenters. The molecule has 1 aromatic rings. The van der Waals surface area contributed by atoms with E-state index >= 15 is 0 Å². The second-order valence-electron chi connectivity index (χ2n) is 7.68. The van der Waals surface area contributed by atoms with Crippen LogP contribution in [0.5, 0.6) is 0 Å². The van der Waals surface area contributed by atoms with E-state index in [0.29, 0.717) is 25.9 Å². The van der Waals surface area contributed by atoms with Crippen LogP contribution in [-0.4, -0.2) is 77.3 Å². The van der Waals surface area contributed by atoms with Crippen LogP contribution in [0.15, 0.2) is 30.3 Å². The van der Waals surface area contributed by atoms with Gasteiger partial charge in [0.1, 0.15) is 6.04 Å². The summed E-state index contributed by atoms with van der Waals surface area (Å²) in [4.78, 5) is 40.5. The number of benzene rings is 1. The van der Waals surface area contributed by atoms with Gasteiger partial charge in [0.2, 0.25) is 11.8 Å². The van der Waals surface area contributed by atoms with E-state index in [1.165, 1.54) is 0 Å². The predicted molar refractivity (Wildman–Crippen MR) is 102 cm³/mol. The van der Waals surface area contributed by atoms with Crippen LogP contribution in [0.3, 0.4) is 0 Å². The standard InChI is InChI=1S/C20H27N3O5/c1-22-12-15(14-6-3-2-4-7-14)20(18(22)26)9-5-10-23(13-20)17(25)16(8-11-24)21-19(27)28/h2-4,6-7,15-16,21,24H,5,8-13H2,1H3,(H,27,28)/t15-,16+,20-/m0/s1. The van der Waals surface area contributed by atoms with Gasteiger partial charge in [0.05, 0.1) is 5.41 Å². The van der Waals surface area contributed by atoms with E-state index in [9.17, 15) is 19.5 Å². The summed E-state index contributed by atoms with van der Waals surface area (Å²) in [5.41, 5.74) is 0.377. The maximum atomic E-state index is 13.1. The topological polar surface area (TPSA) is 110 Å². The molecule has 0 aromatic heterocycles. The lowest BCUT2D eigenvalue weighted by Crippen LogP contribution is -2.56. The van der Waals surface area contributed by atoms with Gasteiger partial charge in [0.15, 0.2) is 0 Å². The number of carboxylic acid groups (broad SMARTS) is 1. The summed E-state index contributed by atoms with van der Waals surface area (Å²) in [5.74, 6) is -0.376. The Labute approximate surface area is 164 Å². The van der Waals surface area contributed by atoms with Crippen LogP contribution in [0, 0.1) is 5.41 Å². The molecule has 152 valence electrons. The highest BCUT2D eigenvalue weighted by molar-refractivity contribution is 5.89. The molecule has 3 N–H and O–H groups in total. The highest BCUT2D eigenvalue weighted by Gasteiger charge is 2.55. The van der Waals surface area contributed by atoms with Crippen molar-refractivity contribution in [2.24, 2.45) is 5.41 Å². The third-order valence-electron chi connectivity index (χ3n) is 5.95. The van der Waals surface area contributed by atoms with Gasteiger partial charge >= 0.3 is 6.09 Å². The first-order chi connectivity index (χ1) is 13.4. The van der Waals surface area contributed by atoms with Crippen molar-refractivity contribution in [3.05, 3.63) is 35.9 Å². The molecule has 0 radical (unpaired) electrons. The van der Waals surface area contributed by atoms with Gasteiger partial charge in [-0.3, -0.25) is 9.59 Å². The Morgan fingerprint density at radius 3 is 2.68 bits per heavy atom. The fraction of sp³-hybridized carbons (Fsp3) is 0.550. The Morgan fingerprint density at radius 2 is 2.04 bits per heavy atom. The maximum Gasteiger partial charge on any atom is 0.405 e. The van der Waals surface area contributed by atoms with Crippen LogP contribution in [0.1, 0.15) is 30.7 Å². The number of likely N-dealkylation sites (tertiary alicyclic amines) is 2. The molecular weight excluding hydrogens is 362 g/mol. The minimum absolute atomic E-state index is 0.00456. The first-order valence-corrected chi connectivity index (χ1v) is 9.58. The zero-order chi connectivity index (χ0) is 20.3. The first kappa shape index (κ1) is 20.1. The highest BCUT2D eigenvalue weighted by atomic mass is 16.4. The Kier molecular flexibility index (Phi) is 5.88. The van der Waals surface area contributed by atoms with Gasteiger partial charge in [-0.2, -0.15) is 0 Å². The van der Waals surface area contributed by atoms with Gasteiger partial charge in [-0.15, -0.1) is 0 Å². The largest absolute Gasteiger partial charge is 0.465 e. The summed E-state index contributed by atoms with van der Waals surface area (Å²) >= 11 is 0. The molecule has 2 aliphatic heterocycles. The molecule has 3 atom stereocenters. The van der Waals surface area contributed by atoms with Crippen molar-refractivity contribution in [2.45, 2.75) is 31.2 Å². The molecule has 2 aliphatic rings. The molecule has 2 saturated heterocycles. The molecule has 2 heterocycles. The van der Waals surface area contributed by atoms with Crippen molar-refractivity contribution in [3.8, 4) is 0 Å². The monoisotopic (exact) mass is 389 g/mol. The van der Waals surface area contributed by atoms with Gasteiger partial charge in [-0.05, 0) is 24.8 Å². The van der Waals surface area contributed by atoms with E-state index in [1.807, 2.05) is 30.3 Å². The number of aliphatic hydroxyl groups excluding tert-OH is 1. The summed E-state index contributed by atoms with van der Waals surface area (Å²) < 4.78 is 0. The Hall–Kier alpha value is -2.61. The predicted octanol–water partition coefficient (Wildman–Crippen LogP) is 0.870. The molecule has 3 rings (SSSR count). The fourth-order valence-corrected chi connectivity index (χ4v) is 4.66. The molecule has 1 aromatic carbocycles. The van der Waals surface area contributed by atoms with Crippen LogP contribution < -0.4 is 5.32 Å². The lowest BCUT2D eigenvalue weighted by molar-refractivity contribution is -0.144. The summed E-state index contributed by atoms with van der Waals surface area (Å²) in [6.07, 6.45) is 0.0617.